The van der Waals surface area contributed by atoms with Gasteiger partial charge in [-0.1, -0.05) is 6.92 Å². The number of amides is 1. The Bertz CT molecular complexity index is 519. The summed E-state index contributed by atoms with van der Waals surface area (Å²) < 4.78 is 5.32. The maximum Gasteiger partial charge on any atom is 0.257 e. The van der Waals surface area contributed by atoms with Crippen LogP contribution in [0.1, 0.15) is 36.9 Å². The summed E-state index contributed by atoms with van der Waals surface area (Å²) in [7, 11) is 0. The van der Waals surface area contributed by atoms with Crippen molar-refractivity contribution in [1.29, 1.82) is 5.26 Å². The van der Waals surface area contributed by atoms with E-state index in [4.69, 9.17) is 9.68 Å². The topological polar surface area (TPSA) is 60.5 Å². The van der Waals surface area contributed by atoms with E-state index in [2.05, 4.69) is 11.0 Å². The molecule has 0 aromatic carbocycles. The molecule has 0 spiro atoms. The molecule has 1 aromatic heterocycles. The highest BCUT2D eigenvalue weighted by molar-refractivity contribution is 5.95. The van der Waals surface area contributed by atoms with Crippen LogP contribution in [-0.2, 0) is 6.42 Å². The number of hydrogen-bond donors (Lipinski definition) is 0. The smallest absolute Gasteiger partial charge is 0.257 e. The van der Waals surface area contributed by atoms with Crippen molar-refractivity contribution in [3.8, 4) is 6.07 Å². The molecule has 1 saturated heterocycles. The third-order valence-electron chi connectivity index (χ3n) is 3.93. The van der Waals surface area contributed by atoms with Gasteiger partial charge in [-0.15, -0.1) is 0 Å². The first-order valence-corrected chi connectivity index (χ1v) is 7.01. The van der Waals surface area contributed by atoms with E-state index in [-0.39, 0.29) is 5.91 Å². The molecule has 0 unspecified atom stereocenters. The van der Waals surface area contributed by atoms with Crippen LogP contribution in [0.25, 0.3) is 0 Å². The second-order valence-electron chi connectivity index (χ2n) is 5.56. The normalized spacial score (nSPS) is 17.0. The van der Waals surface area contributed by atoms with E-state index in [0.29, 0.717) is 18.7 Å². The summed E-state index contributed by atoms with van der Waals surface area (Å²) in [5.41, 5.74) is 0.194. The SMILES string of the molecule is CCc1occc1C(=O)N1CCN(C(C)(C)C#N)CC1. The molecule has 5 nitrogen and oxygen atoms in total. The van der Waals surface area contributed by atoms with Gasteiger partial charge in [-0.2, -0.15) is 5.26 Å². The van der Waals surface area contributed by atoms with Crippen LogP contribution in [0.3, 0.4) is 0 Å². The Morgan fingerprint density at radius 3 is 2.60 bits per heavy atom. The quantitative estimate of drug-likeness (QED) is 0.845. The van der Waals surface area contributed by atoms with Crippen molar-refractivity contribution in [3.63, 3.8) is 0 Å². The third kappa shape index (κ3) is 2.70. The Balaban J connectivity index is 2.01. The molecule has 0 bridgehead atoms. The van der Waals surface area contributed by atoms with E-state index in [1.165, 1.54) is 0 Å². The van der Waals surface area contributed by atoms with Gasteiger partial charge in [-0.05, 0) is 19.9 Å². The maximum atomic E-state index is 12.4. The number of piperazine rings is 1. The zero-order chi connectivity index (χ0) is 14.8. The summed E-state index contributed by atoms with van der Waals surface area (Å²) in [6.45, 7) is 8.56. The lowest BCUT2D eigenvalue weighted by molar-refractivity contribution is 0.0519. The Morgan fingerprint density at radius 2 is 2.05 bits per heavy atom. The molecule has 1 fully saturated rings. The van der Waals surface area contributed by atoms with Crippen LogP contribution in [0.4, 0.5) is 0 Å². The Hall–Kier alpha value is -1.80. The van der Waals surface area contributed by atoms with E-state index in [0.717, 1.165) is 25.3 Å². The zero-order valence-corrected chi connectivity index (χ0v) is 12.3. The molecule has 0 aliphatic carbocycles. The lowest BCUT2D eigenvalue weighted by Crippen LogP contribution is -2.55. The summed E-state index contributed by atoms with van der Waals surface area (Å²) in [5, 5.41) is 9.16. The van der Waals surface area contributed by atoms with Crippen molar-refractivity contribution >= 4 is 5.91 Å². The number of rotatable bonds is 3. The number of carbonyl (C=O) groups excluding carboxylic acids is 1. The van der Waals surface area contributed by atoms with E-state index >= 15 is 0 Å². The Labute approximate surface area is 119 Å². The average Bonchev–Trinajstić information content (AvgIpc) is 2.95. The van der Waals surface area contributed by atoms with Crippen molar-refractivity contribution in [2.45, 2.75) is 32.7 Å². The van der Waals surface area contributed by atoms with Crippen molar-refractivity contribution in [2.24, 2.45) is 0 Å². The Kier molecular flexibility index (Phi) is 4.15. The standard InChI is InChI=1S/C15H21N3O2/c1-4-13-12(5-10-20-13)14(19)17-6-8-18(9-7-17)15(2,3)11-16/h5,10H,4,6-9H2,1-3H3. The molecule has 0 atom stereocenters. The van der Waals surface area contributed by atoms with Crippen molar-refractivity contribution in [1.82, 2.24) is 9.80 Å². The summed E-state index contributed by atoms with van der Waals surface area (Å²) in [6, 6.07) is 4.05. The number of nitriles is 1. The number of furan rings is 1. The van der Waals surface area contributed by atoms with Gasteiger partial charge < -0.3 is 9.32 Å². The number of carbonyl (C=O) groups is 1. The van der Waals surface area contributed by atoms with E-state index in [9.17, 15) is 4.79 Å². The molecule has 0 N–H and O–H groups in total. The van der Waals surface area contributed by atoms with Crippen LogP contribution in [-0.4, -0.2) is 47.4 Å². The van der Waals surface area contributed by atoms with Gasteiger partial charge in [0.2, 0.25) is 0 Å². The van der Waals surface area contributed by atoms with Gasteiger partial charge >= 0.3 is 0 Å². The van der Waals surface area contributed by atoms with Crippen LogP contribution in [0.2, 0.25) is 0 Å². The monoisotopic (exact) mass is 275 g/mol. The predicted molar refractivity (Wildman–Crippen MR) is 75.3 cm³/mol. The first kappa shape index (κ1) is 14.6. The molecule has 20 heavy (non-hydrogen) atoms. The van der Waals surface area contributed by atoms with Gasteiger partial charge in [0.05, 0.1) is 17.9 Å². The maximum absolute atomic E-state index is 12.4. The molecular formula is C15H21N3O2. The first-order chi connectivity index (χ1) is 9.49. The molecule has 2 heterocycles. The van der Waals surface area contributed by atoms with Crippen molar-refractivity contribution < 1.29 is 9.21 Å². The third-order valence-corrected chi connectivity index (χ3v) is 3.93. The second kappa shape index (κ2) is 5.68. The van der Waals surface area contributed by atoms with Crippen LogP contribution >= 0.6 is 0 Å². The lowest BCUT2D eigenvalue weighted by Gasteiger charge is -2.40. The highest BCUT2D eigenvalue weighted by atomic mass is 16.3. The molecule has 5 heteroatoms. The Morgan fingerprint density at radius 1 is 1.40 bits per heavy atom. The summed E-state index contributed by atoms with van der Waals surface area (Å²) in [5.74, 6) is 0.778. The molecule has 1 aliphatic rings. The number of aryl methyl sites for hydroxylation is 1. The van der Waals surface area contributed by atoms with Crippen LogP contribution < -0.4 is 0 Å². The molecule has 108 valence electrons. The van der Waals surface area contributed by atoms with E-state index < -0.39 is 5.54 Å². The van der Waals surface area contributed by atoms with Crippen molar-refractivity contribution in [2.75, 3.05) is 26.2 Å². The number of nitrogens with zero attached hydrogens (tertiary/aromatic N) is 3. The van der Waals surface area contributed by atoms with Gasteiger partial charge in [-0.3, -0.25) is 9.69 Å². The average molecular weight is 275 g/mol. The van der Waals surface area contributed by atoms with Gasteiger partial charge in [0.25, 0.3) is 5.91 Å². The van der Waals surface area contributed by atoms with Crippen LogP contribution in [0.5, 0.6) is 0 Å². The minimum absolute atomic E-state index is 0.0324. The van der Waals surface area contributed by atoms with Gasteiger partial charge in [-0.25, -0.2) is 0 Å². The number of hydrogen-bond acceptors (Lipinski definition) is 4. The fourth-order valence-corrected chi connectivity index (χ4v) is 2.51. The lowest BCUT2D eigenvalue weighted by atomic mass is 10.0. The fraction of sp³-hybridized carbons (Fsp3) is 0.600. The fourth-order valence-electron chi connectivity index (χ4n) is 2.51. The highest BCUT2D eigenvalue weighted by Crippen LogP contribution is 2.19. The largest absolute Gasteiger partial charge is 0.469 e. The zero-order valence-electron chi connectivity index (χ0n) is 12.3. The molecule has 1 amide bonds. The molecule has 0 radical (unpaired) electrons. The van der Waals surface area contributed by atoms with Gasteiger partial charge in [0.15, 0.2) is 0 Å². The van der Waals surface area contributed by atoms with Crippen molar-refractivity contribution in [3.05, 3.63) is 23.7 Å². The predicted octanol–water partition coefficient (Wildman–Crippen LogP) is 1.90. The highest BCUT2D eigenvalue weighted by Gasteiger charge is 2.32. The summed E-state index contributed by atoms with van der Waals surface area (Å²) >= 11 is 0. The molecule has 2 rings (SSSR count). The first-order valence-electron chi connectivity index (χ1n) is 7.01. The molecule has 1 aliphatic heterocycles. The molecular weight excluding hydrogens is 254 g/mol. The molecule has 0 saturated carbocycles. The summed E-state index contributed by atoms with van der Waals surface area (Å²) in [6.07, 6.45) is 2.29. The minimum atomic E-state index is -0.473. The van der Waals surface area contributed by atoms with E-state index in [1.54, 1.807) is 12.3 Å². The minimum Gasteiger partial charge on any atom is -0.469 e. The van der Waals surface area contributed by atoms with Crippen LogP contribution in [0.15, 0.2) is 16.7 Å². The van der Waals surface area contributed by atoms with Gasteiger partial charge in [0, 0.05) is 32.6 Å². The van der Waals surface area contributed by atoms with Crippen LogP contribution in [0, 0.1) is 11.3 Å². The van der Waals surface area contributed by atoms with E-state index in [1.807, 2.05) is 25.7 Å². The second-order valence-corrected chi connectivity index (χ2v) is 5.56. The molecule has 1 aromatic rings. The summed E-state index contributed by atoms with van der Waals surface area (Å²) in [4.78, 5) is 16.4. The van der Waals surface area contributed by atoms with Gasteiger partial charge in [0.1, 0.15) is 11.3 Å².